The molecule has 2 aliphatic rings. The van der Waals surface area contributed by atoms with Gasteiger partial charge in [0.2, 0.25) is 5.91 Å². The van der Waals surface area contributed by atoms with Crippen molar-refractivity contribution in [3.05, 3.63) is 54.6 Å². The number of anilines is 1. The van der Waals surface area contributed by atoms with E-state index in [1.54, 1.807) is 7.05 Å². The van der Waals surface area contributed by atoms with Crippen LogP contribution in [0.25, 0.3) is 11.1 Å². The first-order valence-electron chi connectivity index (χ1n) is 11.1. The molecule has 0 spiro atoms. The van der Waals surface area contributed by atoms with E-state index in [4.69, 9.17) is 12.2 Å². The summed E-state index contributed by atoms with van der Waals surface area (Å²) in [6.07, 6.45) is 6.21. The standard InChI is InChI=1S/C25H29N3O2S/c1-27-24(30)22(28(25(27)31)17-18-8-4-2-5-9-18)16-23(29)26-21-14-12-20(13-15-21)19-10-6-3-7-11-19/h3,6-7,10-15,18,22H,2,4-5,8-9,16-17H2,1H3,(H,26,29). The van der Waals surface area contributed by atoms with E-state index < -0.39 is 6.04 Å². The largest absolute Gasteiger partial charge is 0.336 e. The summed E-state index contributed by atoms with van der Waals surface area (Å²) in [5.41, 5.74) is 2.95. The molecule has 4 rings (SSSR count). The van der Waals surface area contributed by atoms with Crippen molar-refractivity contribution in [3.63, 3.8) is 0 Å². The molecule has 2 aromatic rings. The molecule has 2 amide bonds. The lowest BCUT2D eigenvalue weighted by atomic mass is 9.88. The molecular weight excluding hydrogens is 406 g/mol. The number of hydrogen-bond acceptors (Lipinski definition) is 3. The molecular formula is C25H29N3O2S. The van der Waals surface area contributed by atoms with Crippen LogP contribution >= 0.6 is 12.2 Å². The number of carbonyl (C=O) groups excluding carboxylic acids is 2. The fraction of sp³-hybridized carbons (Fsp3) is 0.400. The molecule has 1 aliphatic carbocycles. The summed E-state index contributed by atoms with van der Waals surface area (Å²) < 4.78 is 0. The Morgan fingerprint density at radius 1 is 1.00 bits per heavy atom. The minimum absolute atomic E-state index is 0.0876. The van der Waals surface area contributed by atoms with E-state index in [1.165, 1.54) is 37.0 Å². The predicted molar refractivity (Wildman–Crippen MR) is 128 cm³/mol. The Morgan fingerprint density at radius 2 is 1.65 bits per heavy atom. The van der Waals surface area contributed by atoms with Crippen molar-refractivity contribution < 1.29 is 9.59 Å². The summed E-state index contributed by atoms with van der Waals surface area (Å²) in [5.74, 6) is 0.287. The van der Waals surface area contributed by atoms with E-state index in [9.17, 15) is 9.59 Å². The number of carbonyl (C=O) groups is 2. The van der Waals surface area contributed by atoms with Gasteiger partial charge >= 0.3 is 0 Å². The Labute approximate surface area is 189 Å². The molecule has 1 saturated heterocycles. The zero-order chi connectivity index (χ0) is 21.8. The van der Waals surface area contributed by atoms with E-state index in [1.807, 2.05) is 47.4 Å². The van der Waals surface area contributed by atoms with Crippen LogP contribution in [-0.2, 0) is 9.59 Å². The van der Waals surface area contributed by atoms with Crippen molar-refractivity contribution in [1.29, 1.82) is 0 Å². The second-order valence-corrected chi connectivity index (χ2v) is 8.91. The highest BCUT2D eigenvalue weighted by Gasteiger charge is 2.42. The Hall–Kier alpha value is -2.73. The number of nitrogens with zero attached hydrogens (tertiary/aromatic N) is 2. The van der Waals surface area contributed by atoms with Crippen molar-refractivity contribution in [2.24, 2.45) is 5.92 Å². The molecule has 1 N–H and O–H groups in total. The van der Waals surface area contributed by atoms with Gasteiger partial charge in [0.25, 0.3) is 5.91 Å². The molecule has 162 valence electrons. The van der Waals surface area contributed by atoms with Gasteiger partial charge in [0.15, 0.2) is 5.11 Å². The van der Waals surface area contributed by atoms with Crippen LogP contribution in [0.1, 0.15) is 38.5 Å². The van der Waals surface area contributed by atoms with E-state index in [2.05, 4.69) is 17.4 Å². The maximum absolute atomic E-state index is 12.8. The van der Waals surface area contributed by atoms with Gasteiger partial charge in [0, 0.05) is 19.3 Å². The number of thiocarbonyl (C=S) groups is 1. The van der Waals surface area contributed by atoms with Gasteiger partial charge in [-0.2, -0.15) is 0 Å². The van der Waals surface area contributed by atoms with Crippen LogP contribution in [0.3, 0.4) is 0 Å². The number of hydrogen-bond donors (Lipinski definition) is 1. The van der Waals surface area contributed by atoms with Gasteiger partial charge < -0.3 is 10.2 Å². The van der Waals surface area contributed by atoms with Gasteiger partial charge in [-0.25, -0.2) is 0 Å². The smallest absolute Gasteiger partial charge is 0.251 e. The Bertz CT molecular complexity index is 939. The average Bonchev–Trinajstić information content (AvgIpc) is 2.99. The summed E-state index contributed by atoms with van der Waals surface area (Å²) in [7, 11) is 1.71. The van der Waals surface area contributed by atoms with Gasteiger partial charge in [-0.15, -0.1) is 0 Å². The van der Waals surface area contributed by atoms with Gasteiger partial charge in [-0.1, -0.05) is 61.7 Å². The molecule has 1 heterocycles. The molecule has 1 aliphatic heterocycles. The monoisotopic (exact) mass is 435 g/mol. The first-order valence-corrected chi connectivity index (χ1v) is 11.5. The Morgan fingerprint density at radius 3 is 2.32 bits per heavy atom. The molecule has 5 nitrogen and oxygen atoms in total. The van der Waals surface area contributed by atoms with Gasteiger partial charge in [-0.05, 0) is 54.2 Å². The number of benzene rings is 2. The summed E-state index contributed by atoms with van der Waals surface area (Å²) in [6, 6.07) is 17.4. The normalized spacial score (nSPS) is 19.7. The second kappa shape index (κ2) is 9.60. The fourth-order valence-corrected chi connectivity index (χ4v) is 4.88. The third-order valence-corrected chi connectivity index (χ3v) is 6.87. The van der Waals surface area contributed by atoms with Crippen molar-refractivity contribution in [1.82, 2.24) is 9.80 Å². The molecule has 1 atom stereocenters. The minimum atomic E-state index is -0.511. The highest BCUT2D eigenvalue weighted by molar-refractivity contribution is 7.80. The average molecular weight is 436 g/mol. The third kappa shape index (κ3) is 4.96. The van der Waals surface area contributed by atoms with Crippen LogP contribution in [0.4, 0.5) is 5.69 Å². The first kappa shape index (κ1) is 21.5. The van der Waals surface area contributed by atoms with Crippen LogP contribution in [0.2, 0.25) is 0 Å². The predicted octanol–water partition coefficient (Wildman–Crippen LogP) is 4.69. The van der Waals surface area contributed by atoms with Crippen LogP contribution in [0.5, 0.6) is 0 Å². The van der Waals surface area contributed by atoms with Crippen molar-refractivity contribution in [3.8, 4) is 11.1 Å². The SMILES string of the molecule is CN1C(=O)C(CC(=O)Nc2ccc(-c3ccccc3)cc2)N(CC2CCCCC2)C1=S. The quantitative estimate of drug-likeness (QED) is 0.669. The van der Waals surface area contributed by atoms with E-state index >= 15 is 0 Å². The highest BCUT2D eigenvalue weighted by atomic mass is 32.1. The molecule has 2 aromatic carbocycles. The number of amides is 2. The molecule has 1 saturated carbocycles. The molecule has 1 unspecified atom stereocenters. The van der Waals surface area contributed by atoms with Crippen molar-refractivity contribution in [2.45, 2.75) is 44.6 Å². The van der Waals surface area contributed by atoms with Gasteiger partial charge in [0.05, 0.1) is 6.42 Å². The van der Waals surface area contributed by atoms with Crippen LogP contribution in [-0.4, -0.2) is 46.4 Å². The summed E-state index contributed by atoms with van der Waals surface area (Å²) >= 11 is 5.53. The van der Waals surface area contributed by atoms with E-state index in [0.717, 1.165) is 23.4 Å². The zero-order valence-corrected chi connectivity index (χ0v) is 18.7. The molecule has 2 fully saturated rings. The number of nitrogens with one attached hydrogen (secondary N) is 1. The van der Waals surface area contributed by atoms with Crippen LogP contribution in [0.15, 0.2) is 54.6 Å². The van der Waals surface area contributed by atoms with Gasteiger partial charge in [-0.3, -0.25) is 14.5 Å². The maximum atomic E-state index is 12.8. The summed E-state index contributed by atoms with van der Waals surface area (Å²) in [4.78, 5) is 29.0. The van der Waals surface area contributed by atoms with E-state index in [-0.39, 0.29) is 18.2 Å². The minimum Gasteiger partial charge on any atom is -0.336 e. The molecule has 0 radical (unpaired) electrons. The lowest BCUT2D eigenvalue weighted by Crippen LogP contribution is -2.41. The number of likely N-dealkylation sites (N-methyl/N-ethyl adjacent to an activating group) is 1. The molecule has 0 aromatic heterocycles. The zero-order valence-electron chi connectivity index (χ0n) is 17.9. The topological polar surface area (TPSA) is 52.7 Å². The van der Waals surface area contributed by atoms with Crippen molar-refractivity contribution in [2.75, 3.05) is 18.9 Å². The van der Waals surface area contributed by atoms with Gasteiger partial charge in [0.1, 0.15) is 6.04 Å². The third-order valence-electron chi connectivity index (χ3n) is 6.36. The molecule has 6 heteroatoms. The lowest BCUT2D eigenvalue weighted by Gasteiger charge is -2.30. The lowest BCUT2D eigenvalue weighted by molar-refractivity contribution is -0.130. The van der Waals surface area contributed by atoms with Crippen molar-refractivity contribution >= 4 is 34.8 Å². The maximum Gasteiger partial charge on any atom is 0.251 e. The molecule has 31 heavy (non-hydrogen) atoms. The van der Waals surface area contributed by atoms with E-state index in [0.29, 0.717) is 11.0 Å². The summed E-state index contributed by atoms with van der Waals surface area (Å²) in [5, 5.41) is 3.48. The summed E-state index contributed by atoms with van der Waals surface area (Å²) in [6.45, 7) is 0.763. The first-order chi connectivity index (χ1) is 15.0. The molecule has 0 bridgehead atoms. The highest BCUT2D eigenvalue weighted by Crippen LogP contribution is 2.29. The number of rotatable bonds is 6. The Kier molecular flexibility index (Phi) is 6.66. The second-order valence-electron chi connectivity index (χ2n) is 8.55. The van der Waals surface area contributed by atoms with Crippen LogP contribution in [0, 0.1) is 5.92 Å². The van der Waals surface area contributed by atoms with Crippen LogP contribution < -0.4 is 5.32 Å². The fourth-order valence-electron chi connectivity index (χ4n) is 4.59. The Balaban J connectivity index is 1.40.